The van der Waals surface area contributed by atoms with Crippen molar-refractivity contribution < 1.29 is 19.7 Å². The van der Waals surface area contributed by atoms with Gasteiger partial charge in [-0.2, -0.15) is 0 Å². The van der Waals surface area contributed by atoms with E-state index < -0.39 is 19.1 Å². The van der Waals surface area contributed by atoms with Gasteiger partial charge in [0.25, 0.3) is 7.37 Å². The molecule has 2 rings (SSSR count). The van der Waals surface area contributed by atoms with Crippen LogP contribution in [0.15, 0.2) is 48.5 Å². The lowest BCUT2D eigenvalue weighted by atomic mass is 10.1. The standard InChI is InChI=1S/C16H19O4P/c1-11-7-3-5-9-13(11)15(17)21(19,20)16(18)14-10-6-4-8-12(14)2/h3-10,15-18H,1-2H3,(H,19,20)/t15-,16-/m0/s1. The van der Waals surface area contributed by atoms with Crippen molar-refractivity contribution in [3.05, 3.63) is 70.8 Å². The minimum absolute atomic E-state index is 0.357. The highest BCUT2D eigenvalue weighted by Gasteiger charge is 2.40. The molecule has 2 aromatic carbocycles. The Morgan fingerprint density at radius 1 is 0.810 bits per heavy atom. The summed E-state index contributed by atoms with van der Waals surface area (Å²) in [6.45, 7) is 3.50. The first kappa shape index (κ1) is 15.9. The third kappa shape index (κ3) is 3.09. The molecule has 0 radical (unpaired) electrons. The molecule has 21 heavy (non-hydrogen) atoms. The van der Waals surface area contributed by atoms with Crippen molar-refractivity contribution in [1.29, 1.82) is 0 Å². The zero-order valence-electron chi connectivity index (χ0n) is 12.0. The minimum atomic E-state index is -4.26. The average molecular weight is 306 g/mol. The molecule has 0 spiro atoms. The third-order valence-electron chi connectivity index (χ3n) is 3.63. The average Bonchev–Trinajstić information content (AvgIpc) is 2.47. The molecule has 0 aromatic heterocycles. The molecule has 0 aliphatic rings. The molecule has 112 valence electrons. The highest BCUT2D eigenvalue weighted by atomic mass is 31.2. The number of rotatable bonds is 4. The molecular weight excluding hydrogens is 287 g/mol. The Kier molecular flexibility index (Phi) is 4.64. The Labute approximate surface area is 124 Å². The van der Waals surface area contributed by atoms with Gasteiger partial charge in [0.2, 0.25) is 0 Å². The Morgan fingerprint density at radius 2 is 1.14 bits per heavy atom. The van der Waals surface area contributed by atoms with E-state index in [1.807, 2.05) is 0 Å². The van der Waals surface area contributed by atoms with Gasteiger partial charge in [-0.3, -0.25) is 4.57 Å². The summed E-state index contributed by atoms with van der Waals surface area (Å²) in [5.41, 5.74) is 2.12. The van der Waals surface area contributed by atoms with Gasteiger partial charge in [0.15, 0.2) is 11.7 Å². The van der Waals surface area contributed by atoms with E-state index >= 15 is 0 Å². The summed E-state index contributed by atoms with van der Waals surface area (Å²) in [5.74, 6) is -3.23. The molecule has 3 N–H and O–H groups in total. The summed E-state index contributed by atoms with van der Waals surface area (Å²) in [6, 6.07) is 13.6. The van der Waals surface area contributed by atoms with Gasteiger partial charge in [-0.15, -0.1) is 0 Å². The van der Waals surface area contributed by atoms with Crippen LogP contribution < -0.4 is 0 Å². The van der Waals surface area contributed by atoms with Crippen LogP contribution in [0.25, 0.3) is 0 Å². The van der Waals surface area contributed by atoms with Gasteiger partial charge in [0.1, 0.15) is 0 Å². The quantitative estimate of drug-likeness (QED) is 0.758. The van der Waals surface area contributed by atoms with Gasteiger partial charge in [-0.25, -0.2) is 0 Å². The van der Waals surface area contributed by atoms with E-state index in [-0.39, 0.29) is 0 Å². The predicted octanol–water partition coefficient (Wildman–Crippen LogP) is 3.26. The fourth-order valence-electron chi connectivity index (χ4n) is 2.29. The number of benzene rings is 2. The molecule has 0 heterocycles. The SMILES string of the molecule is Cc1ccccc1[C@@H](O)P(=O)(O)[C@H](O)c1ccccc1C. The van der Waals surface area contributed by atoms with Gasteiger partial charge in [-0.05, 0) is 36.1 Å². The van der Waals surface area contributed by atoms with Crippen LogP contribution in [0.1, 0.15) is 33.9 Å². The Balaban J connectivity index is 2.40. The van der Waals surface area contributed by atoms with Gasteiger partial charge in [0.05, 0.1) is 0 Å². The van der Waals surface area contributed by atoms with Crippen molar-refractivity contribution in [2.45, 2.75) is 25.5 Å². The molecule has 5 heteroatoms. The number of aliphatic hydroxyl groups is 2. The van der Waals surface area contributed by atoms with E-state index in [4.69, 9.17) is 0 Å². The summed E-state index contributed by atoms with van der Waals surface area (Å²) >= 11 is 0. The molecule has 4 nitrogen and oxygen atoms in total. The normalized spacial score (nSPS) is 14.7. The first-order chi connectivity index (χ1) is 9.85. The van der Waals surface area contributed by atoms with Crippen molar-refractivity contribution in [2.24, 2.45) is 0 Å². The van der Waals surface area contributed by atoms with Gasteiger partial charge in [-0.1, -0.05) is 48.5 Å². The number of aryl methyl sites for hydroxylation is 2. The van der Waals surface area contributed by atoms with Crippen LogP contribution in [-0.2, 0) is 4.57 Å². The summed E-state index contributed by atoms with van der Waals surface area (Å²) in [7, 11) is -4.26. The van der Waals surface area contributed by atoms with Crippen molar-refractivity contribution in [3.63, 3.8) is 0 Å². The van der Waals surface area contributed by atoms with Crippen molar-refractivity contribution >= 4 is 7.37 Å². The van der Waals surface area contributed by atoms with Crippen molar-refractivity contribution in [1.82, 2.24) is 0 Å². The highest BCUT2D eigenvalue weighted by molar-refractivity contribution is 7.58. The summed E-state index contributed by atoms with van der Waals surface area (Å²) in [6.07, 6.45) is 0. The topological polar surface area (TPSA) is 77.8 Å². The molecule has 0 saturated carbocycles. The summed E-state index contributed by atoms with van der Waals surface area (Å²) in [5, 5.41) is 20.6. The van der Waals surface area contributed by atoms with Gasteiger partial charge < -0.3 is 15.1 Å². The van der Waals surface area contributed by atoms with Crippen molar-refractivity contribution in [3.8, 4) is 0 Å². The van der Waals surface area contributed by atoms with Crippen LogP contribution in [0.3, 0.4) is 0 Å². The molecule has 0 amide bonds. The summed E-state index contributed by atoms with van der Waals surface area (Å²) < 4.78 is 12.6. The van der Waals surface area contributed by atoms with E-state index in [0.29, 0.717) is 22.3 Å². The zero-order valence-corrected chi connectivity index (χ0v) is 12.9. The highest BCUT2D eigenvalue weighted by Crippen LogP contribution is 2.64. The Bertz CT molecular complexity index is 628. The number of hydrogen-bond donors (Lipinski definition) is 3. The van der Waals surface area contributed by atoms with Gasteiger partial charge >= 0.3 is 0 Å². The predicted molar refractivity (Wildman–Crippen MR) is 82.1 cm³/mol. The second kappa shape index (κ2) is 6.12. The fraction of sp³-hybridized carbons (Fsp3) is 0.250. The first-order valence-electron chi connectivity index (χ1n) is 6.65. The van der Waals surface area contributed by atoms with E-state index in [1.165, 1.54) is 0 Å². The van der Waals surface area contributed by atoms with Crippen molar-refractivity contribution in [2.75, 3.05) is 0 Å². The Hall–Kier alpha value is -1.45. The molecule has 0 aliphatic heterocycles. The molecule has 0 fully saturated rings. The maximum atomic E-state index is 12.6. The molecule has 0 aliphatic carbocycles. The second-order valence-corrected chi connectivity index (χ2v) is 7.46. The number of hydrogen-bond acceptors (Lipinski definition) is 3. The van der Waals surface area contributed by atoms with Crippen LogP contribution in [0, 0.1) is 13.8 Å². The van der Waals surface area contributed by atoms with Crippen LogP contribution in [0.5, 0.6) is 0 Å². The van der Waals surface area contributed by atoms with E-state index in [2.05, 4.69) is 0 Å². The number of aliphatic hydroxyl groups excluding tert-OH is 2. The molecule has 2 aromatic rings. The lowest BCUT2D eigenvalue weighted by Crippen LogP contribution is -2.09. The summed E-state index contributed by atoms with van der Waals surface area (Å²) in [4.78, 5) is 10.3. The fourth-order valence-corrected chi connectivity index (χ4v) is 3.93. The van der Waals surface area contributed by atoms with E-state index in [0.717, 1.165) is 0 Å². The van der Waals surface area contributed by atoms with Crippen LogP contribution in [0.4, 0.5) is 0 Å². The van der Waals surface area contributed by atoms with E-state index in [9.17, 15) is 19.7 Å². The molecule has 0 bridgehead atoms. The lowest BCUT2D eigenvalue weighted by Gasteiger charge is -2.25. The lowest BCUT2D eigenvalue weighted by molar-refractivity contribution is 0.186. The zero-order chi connectivity index (χ0) is 15.6. The molecular formula is C16H19O4P. The maximum absolute atomic E-state index is 12.6. The minimum Gasteiger partial charge on any atom is -0.378 e. The third-order valence-corrected chi connectivity index (χ3v) is 5.59. The monoisotopic (exact) mass is 306 g/mol. The molecule has 0 saturated heterocycles. The second-order valence-electron chi connectivity index (χ2n) is 5.13. The molecule has 0 unspecified atom stereocenters. The Morgan fingerprint density at radius 3 is 1.48 bits per heavy atom. The van der Waals surface area contributed by atoms with Crippen LogP contribution in [0.2, 0.25) is 0 Å². The van der Waals surface area contributed by atoms with Crippen LogP contribution >= 0.6 is 7.37 Å². The van der Waals surface area contributed by atoms with E-state index in [1.54, 1.807) is 62.4 Å². The first-order valence-corrected chi connectivity index (χ1v) is 8.45. The largest absolute Gasteiger partial charge is 0.378 e. The molecule has 2 atom stereocenters. The maximum Gasteiger partial charge on any atom is 0.264 e. The van der Waals surface area contributed by atoms with Gasteiger partial charge in [0, 0.05) is 0 Å². The van der Waals surface area contributed by atoms with Crippen LogP contribution in [-0.4, -0.2) is 15.1 Å². The smallest absolute Gasteiger partial charge is 0.264 e.